The number of esters is 1. The Bertz CT molecular complexity index is 1960. The van der Waals surface area contributed by atoms with Crippen molar-refractivity contribution in [3.8, 4) is 5.75 Å². The summed E-state index contributed by atoms with van der Waals surface area (Å²) in [5, 5.41) is 0.607. The van der Waals surface area contributed by atoms with E-state index in [1.165, 1.54) is 35.4 Å². The van der Waals surface area contributed by atoms with E-state index in [4.69, 9.17) is 4.74 Å². The van der Waals surface area contributed by atoms with E-state index in [2.05, 4.69) is 0 Å². The zero-order valence-corrected chi connectivity index (χ0v) is 25.7. The van der Waals surface area contributed by atoms with Crippen LogP contribution in [0, 0.1) is 5.92 Å². The number of imide groups is 2. The van der Waals surface area contributed by atoms with Crippen LogP contribution >= 0.6 is 0 Å². The fourth-order valence-electron chi connectivity index (χ4n) is 7.70. The average Bonchev–Trinajstić information content (AvgIpc) is 3.82. The number of anilines is 2. The van der Waals surface area contributed by atoms with Gasteiger partial charge >= 0.3 is 5.97 Å². The number of ether oxygens (including phenoxy) is 1. The van der Waals surface area contributed by atoms with Crippen molar-refractivity contribution in [3.63, 3.8) is 0 Å². The van der Waals surface area contributed by atoms with E-state index in [9.17, 15) is 24.0 Å². The number of rotatable bonds is 6. The summed E-state index contributed by atoms with van der Waals surface area (Å²) in [6.07, 6.45) is 12.5. The van der Waals surface area contributed by atoms with Crippen LogP contribution in [-0.4, -0.2) is 29.6 Å². The molecule has 2 heterocycles. The number of carbonyl (C=O) groups excluding carboxylic acids is 5. The summed E-state index contributed by atoms with van der Waals surface area (Å²) in [5.41, 5.74) is 2.86. The highest BCUT2D eigenvalue weighted by atomic mass is 16.5. The van der Waals surface area contributed by atoms with Crippen LogP contribution < -0.4 is 14.5 Å². The van der Waals surface area contributed by atoms with Gasteiger partial charge in [-0.2, -0.15) is 0 Å². The Morgan fingerprint density at radius 2 is 1.13 bits per heavy atom. The molecule has 8 rings (SSSR count). The maximum Gasteiger partial charge on any atom is 0.335 e. The molecule has 0 atom stereocenters. The number of allylic oxidation sites excluding steroid dienone is 1. The van der Waals surface area contributed by atoms with Crippen molar-refractivity contribution < 1.29 is 28.7 Å². The Labute approximate surface area is 271 Å². The van der Waals surface area contributed by atoms with Crippen LogP contribution in [0.25, 0.3) is 10.8 Å². The van der Waals surface area contributed by atoms with Gasteiger partial charge in [-0.05, 0) is 91.6 Å². The Balaban J connectivity index is 1.10. The van der Waals surface area contributed by atoms with Crippen molar-refractivity contribution >= 4 is 51.7 Å². The van der Waals surface area contributed by atoms with E-state index in [0.717, 1.165) is 43.4 Å². The van der Waals surface area contributed by atoms with E-state index in [1.54, 1.807) is 42.5 Å². The predicted molar refractivity (Wildman–Crippen MR) is 177 cm³/mol. The Morgan fingerprint density at radius 3 is 1.68 bits per heavy atom. The standard InChI is InChI=1S/C39H32N2O6/c42-33(21-12-23-6-1-2-7-23)47-28-11-5-10-27(22-28)41-38(45)31-19-17-29-34-30(18-20-32(35(31)34)39(41)46)37(44)40(36(29)43)26-15-13-25(14-16-26)24-8-3-4-9-24/h5,10-24H,1-4,6-9H2. The molecule has 2 fully saturated rings. The van der Waals surface area contributed by atoms with Gasteiger partial charge in [0.15, 0.2) is 0 Å². The van der Waals surface area contributed by atoms with E-state index in [1.807, 2.05) is 30.3 Å². The van der Waals surface area contributed by atoms with Gasteiger partial charge in [0.1, 0.15) is 5.75 Å². The molecule has 0 unspecified atom stereocenters. The SMILES string of the molecule is O=C(C=CC1CCCC1)Oc1cccc(N2C(=O)c3ccc4c5c(ccc(c35)C2=O)C(=O)N(c2ccc(C3CCCC3)cc2)C4=O)c1. The van der Waals surface area contributed by atoms with Crippen molar-refractivity contribution in [2.45, 2.75) is 57.3 Å². The maximum atomic E-state index is 13.9. The van der Waals surface area contributed by atoms with Gasteiger partial charge < -0.3 is 4.74 Å². The van der Waals surface area contributed by atoms with Gasteiger partial charge in [-0.1, -0.05) is 50.0 Å². The molecule has 0 spiro atoms. The lowest BCUT2D eigenvalue weighted by atomic mass is 9.85. The van der Waals surface area contributed by atoms with Crippen LogP contribution in [-0.2, 0) is 4.79 Å². The Kier molecular flexibility index (Phi) is 7.08. The van der Waals surface area contributed by atoms with Gasteiger partial charge in [0.2, 0.25) is 0 Å². The molecule has 2 aliphatic carbocycles. The topological polar surface area (TPSA) is 101 Å². The maximum absolute atomic E-state index is 13.9. The molecular formula is C39H32N2O6. The number of hydrogen-bond donors (Lipinski definition) is 0. The fourth-order valence-corrected chi connectivity index (χ4v) is 7.70. The molecule has 4 aromatic rings. The van der Waals surface area contributed by atoms with Crippen LogP contribution in [0.5, 0.6) is 5.75 Å². The van der Waals surface area contributed by atoms with Crippen molar-refractivity contribution in [2.24, 2.45) is 5.92 Å². The molecule has 2 saturated carbocycles. The normalized spacial score (nSPS) is 18.3. The molecule has 2 aliphatic heterocycles. The zero-order valence-electron chi connectivity index (χ0n) is 25.7. The summed E-state index contributed by atoms with van der Waals surface area (Å²) in [6.45, 7) is 0. The first kappa shape index (κ1) is 29.1. The third-order valence-corrected chi connectivity index (χ3v) is 10.1. The van der Waals surface area contributed by atoms with Gasteiger partial charge in [0.25, 0.3) is 23.6 Å². The second-order valence-electron chi connectivity index (χ2n) is 12.9. The number of nitrogens with zero attached hydrogens (tertiary/aromatic N) is 2. The first-order valence-electron chi connectivity index (χ1n) is 16.4. The van der Waals surface area contributed by atoms with Crippen LogP contribution in [0.1, 0.15) is 104 Å². The molecule has 4 aliphatic rings. The fraction of sp³-hybridized carbons (Fsp3) is 0.256. The highest BCUT2D eigenvalue weighted by molar-refractivity contribution is 6.42. The van der Waals surface area contributed by atoms with Gasteiger partial charge in [-0.3, -0.25) is 19.2 Å². The van der Waals surface area contributed by atoms with Gasteiger partial charge in [-0.15, -0.1) is 0 Å². The third kappa shape index (κ3) is 4.87. The third-order valence-electron chi connectivity index (χ3n) is 10.1. The molecule has 0 aromatic heterocycles. The minimum Gasteiger partial charge on any atom is -0.423 e. The van der Waals surface area contributed by atoms with Crippen molar-refractivity contribution in [3.05, 3.63) is 113 Å². The second-order valence-corrected chi connectivity index (χ2v) is 12.9. The highest BCUT2D eigenvalue weighted by Gasteiger charge is 2.40. The minimum atomic E-state index is -0.597. The summed E-state index contributed by atoms with van der Waals surface area (Å²) in [6, 6.07) is 20.1. The first-order valence-corrected chi connectivity index (χ1v) is 16.4. The van der Waals surface area contributed by atoms with Crippen LogP contribution in [0.15, 0.2) is 84.9 Å². The largest absolute Gasteiger partial charge is 0.423 e. The van der Waals surface area contributed by atoms with E-state index in [0.29, 0.717) is 28.3 Å². The molecule has 8 nitrogen and oxygen atoms in total. The quantitative estimate of drug-likeness (QED) is 0.0941. The van der Waals surface area contributed by atoms with Crippen LogP contribution in [0.4, 0.5) is 11.4 Å². The lowest BCUT2D eigenvalue weighted by Gasteiger charge is -2.32. The number of carbonyl (C=O) groups is 5. The lowest BCUT2D eigenvalue weighted by molar-refractivity contribution is -0.129. The lowest BCUT2D eigenvalue weighted by Crippen LogP contribution is -2.43. The molecule has 47 heavy (non-hydrogen) atoms. The molecule has 0 radical (unpaired) electrons. The Morgan fingerprint density at radius 1 is 0.617 bits per heavy atom. The zero-order chi connectivity index (χ0) is 32.2. The molecule has 4 aromatic carbocycles. The number of amides is 4. The monoisotopic (exact) mass is 624 g/mol. The number of benzene rings is 4. The van der Waals surface area contributed by atoms with Crippen LogP contribution in [0.2, 0.25) is 0 Å². The van der Waals surface area contributed by atoms with E-state index in [-0.39, 0.29) is 33.7 Å². The summed E-state index contributed by atoms with van der Waals surface area (Å²) in [5.74, 6) is -1.64. The van der Waals surface area contributed by atoms with Gasteiger partial charge in [0, 0.05) is 45.2 Å². The molecule has 234 valence electrons. The predicted octanol–water partition coefficient (Wildman–Crippen LogP) is 7.75. The highest BCUT2D eigenvalue weighted by Crippen LogP contribution is 2.41. The molecule has 0 saturated heterocycles. The van der Waals surface area contributed by atoms with Crippen molar-refractivity contribution in [1.29, 1.82) is 0 Å². The molecule has 8 heteroatoms. The minimum absolute atomic E-state index is 0.202. The summed E-state index contributed by atoms with van der Waals surface area (Å²) in [7, 11) is 0. The van der Waals surface area contributed by atoms with Crippen molar-refractivity contribution in [2.75, 3.05) is 9.80 Å². The second kappa shape index (κ2) is 11.5. The number of hydrogen-bond acceptors (Lipinski definition) is 6. The molecule has 4 amide bonds. The van der Waals surface area contributed by atoms with E-state index < -0.39 is 29.6 Å². The molecular weight excluding hydrogens is 592 g/mol. The molecule has 0 N–H and O–H groups in total. The Hall–Kier alpha value is -5.37. The van der Waals surface area contributed by atoms with Crippen LogP contribution in [0.3, 0.4) is 0 Å². The van der Waals surface area contributed by atoms with E-state index >= 15 is 0 Å². The van der Waals surface area contributed by atoms with Gasteiger partial charge in [-0.25, -0.2) is 14.6 Å². The summed E-state index contributed by atoms with van der Waals surface area (Å²) < 4.78 is 5.50. The smallest absolute Gasteiger partial charge is 0.335 e. The van der Waals surface area contributed by atoms with Gasteiger partial charge in [0.05, 0.1) is 11.4 Å². The average molecular weight is 625 g/mol. The first-order chi connectivity index (χ1) is 22.9. The van der Waals surface area contributed by atoms with Crippen molar-refractivity contribution in [1.82, 2.24) is 0 Å². The molecule has 0 bridgehead atoms. The summed E-state index contributed by atoms with van der Waals surface area (Å²) >= 11 is 0. The summed E-state index contributed by atoms with van der Waals surface area (Å²) in [4.78, 5) is 70.3.